The Labute approximate surface area is 345 Å². The minimum atomic E-state index is -0.815. The summed E-state index contributed by atoms with van der Waals surface area (Å²) in [6.45, 7) is 32.9. The molecule has 0 aromatic rings. The molecule has 6 atom stereocenters. The molecule has 0 amide bonds. The number of rotatable bonds is 13. The van der Waals surface area contributed by atoms with Crippen LogP contribution in [0.5, 0.6) is 0 Å². The van der Waals surface area contributed by atoms with Gasteiger partial charge in [-0.05, 0) is 170 Å². The van der Waals surface area contributed by atoms with Crippen molar-refractivity contribution in [2.75, 3.05) is 34.4 Å². The largest absolute Gasteiger partial charge is 0.461 e. The van der Waals surface area contributed by atoms with E-state index in [1.54, 1.807) is 0 Å². The second-order valence-corrected chi connectivity index (χ2v) is 22.8. The van der Waals surface area contributed by atoms with Crippen LogP contribution >= 0.6 is 0 Å². The first-order chi connectivity index (χ1) is 25.6. The number of nitrogens with zero attached hydrogens (tertiary/aromatic N) is 3. The Balaban J connectivity index is 1.58. The quantitative estimate of drug-likeness (QED) is 0.164. The van der Waals surface area contributed by atoms with Gasteiger partial charge in [0.25, 0.3) is 0 Å². The molecule has 1 N–H and O–H groups in total. The van der Waals surface area contributed by atoms with Crippen LogP contribution < -0.4 is 5.32 Å². The molecular formula is C45H80N4O8. The number of ether oxygens (including phenoxy) is 4. The first-order valence-electron chi connectivity index (χ1n) is 21.4. The lowest BCUT2D eigenvalue weighted by Gasteiger charge is -2.38. The molecule has 4 rings (SSSR count). The zero-order valence-corrected chi connectivity index (χ0v) is 39.2. The molecule has 4 saturated heterocycles. The Morgan fingerprint density at radius 1 is 0.491 bits per heavy atom. The van der Waals surface area contributed by atoms with Crippen LogP contribution in [0.15, 0.2) is 0 Å². The lowest BCUT2D eigenvalue weighted by Crippen LogP contribution is -2.49. The van der Waals surface area contributed by atoms with Gasteiger partial charge in [0.05, 0.1) is 23.7 Å². The van der Waals surface area contributed by atoms with E-state index in [1.807, 2.05) is 35.0 Å². The summed E-state index contributed by atoms with van der Waals surface area (Å²) < 4.78 is 24.6. The molecule has 4 heterocycles. The third-order valence-electron chi connectivity index (χ3n) is 15.6. The van der Waals surface area contributed by atoms with Gasteiger partial charge < -0.3 is 24.3 Å². The average Bonchev–Trinajstić information content (AvgIpc) is 3.55. The zero-order chi connectivity index (χ0) is 43.7. The van der Waals surface area contributed by atoms with Gasteiger partial charge >= 0.3 is 23.9 Å². The molecular weight excluding hydrogens is 725 g/mol. The summed E-state index contributed by atoms with van der Waals surface area (Å²) in [5, 5.41) is 3.56. The van der Waals surface area contributed by atoms with E-state index >= 15 is 0 Å². The van der Waals surface area contributed by atoms with Crippen LogP contribution in [-0.2, 0) is 38.1 Å². The van der Waals surface area contributed by atoms with E-state index in [4.69, 9.17) is 18.9 Å². The third-order valence-corrected chi connectivity index (χ3v) is 15.6. The van der Waals surface area contributed by atoms with E-state index in [0.29, 0.717) is 25.7 Å². The maximum Gasteiger partial charge on any atom is 0.311 e. The van der Waals surface area contributed by atoms with Crippen LogP contribution in [0.4, 0.5) is 0 Å². The van der Waals surface area contributed by atoms with Crippen molar-refractivity contribution in [2.24, 2.45) is 23.7 Å². The Morgan fingerprint density at radius 2 is 0.789 bits per heavy atom. The lowest BCUT2D eigenvalue weighted by atomic mass is 9.87. The fourth-order valence-electron chi connectivity index (χ4n) is 10.7. The Kier molecular flexibility index (Phi) is 13.0. The molecule has 57 heavy (non-hydrogen) atoms. The number of nitrogens with one attached hydrogen (secondary N) is 1. The molecule has 12 heteroatoms. The van der Waals surface area contributed by atoms with Gasteiger partial charge in [-0.3, -0.25) is 33.9 Å². The number of carbonyl (C=O) groups is 4. The zero-order valence-electron chi connectivity index (χ0n) is 39.2. The fourth-order valence-corrected chi connectivity index (χ4v) is 10.7. The van der Waals surface area contributed by atoms with Crippen LogP contribution in [0.3, 0.4) is 0 Å². The van der Waals surface area contributed by atoms with Crippen molar-refractivity contribution in [3.63, 3.8) is 0 Å². The van der Waals surface area contributed by atoms with Gasteiger partial charge in [0.2, 0.25) is 0 Å². The van der Waals surface area contributed by atoms with Crippen molar-refractivity contribution in [2.45, 2.75) is 206 Å². The summed E-state index contributed by atoms with van der Waals surface area (Å²) in [6, 6.07) is 0. The van der Waals surface area contributed by atoms with E-state index in [0.717, 1.165) is 0 Å². The van der Waals surface area contributed by atoms with Crippen molar-refractivity contribution in [1.29, 1.82) is 0 Å². The van der Waals surface area contributed by atoms with Gasteiger partial charge in [-0.2, -0.15) is 0 Å². The monoisotopic (exact) mass is 805 g/mol. The van der Waals surface area contributed by atoms with Crippen LogP contribution in [0.1, 0.15) is 149 Å². The highest BCUT2D eigenvalue weighted by Crippen LogP contribution is 2.47. The van der Waals surface area contributed by atoms with Crippen molar-refractivity contribution < 1.29 is 38.1 Å². The fraction of sp³-hybridized carbons (Fsp3) is 0.911. The number of carbonyl (C=O) groups excluding carboxylic acids is 4. The molecule has 328 valence electrons. The Hall–Kier alpha value is -2.28. The van der Waals surface area contributed by atoms with E-state index in [2.05, 4.69) is 117 Å². The van der Waals surface area contributed by atoms with Crippen molar-refractivity contribution in [3.8, 4) is 0 Å². The standard InChI is InChI=1S/C45H80N4O8/c1-38(2)22-30(42(9,10)46-38)36(52)56-28(26-54-34(50)31-23-39(3,4)47(17)43(31,11)12)20-21-29(57-37(53)33-25-41(7,8)49(19)45(33,15)16)27-55-35(51)32-24-40(5,6)48(18)44(32,13)14/h28-33,46H,20-27H2,1-19H3. The van der Waals surface area contributed by atoms with Crippen LogP contribution in [0.25, 0.3) is 0 Å². The molecule has 0 aromatic heterocycles. The summed E-state index contributed by atoms with van der Waals surface area (Å²) in [7, 11) is 6.09. The van der Waals surface area contributed by atoms with Crippen molar-refractivity contribution in [3.05, 3.63) is 0 Å². The van der Waals surface area contributed by atoms with Gasteiger partial charge in [-0.25, -0.2) is 0 Å². The van der Waals surface area contributed by atoms with E-state index in [-0.39, 0.29) is 83.9 Å². The van der Waals surface area contributed by atoms with Crippen molar-refractivity contribution >= 4 is 23.9 Å². The Bertz CT molecular complexity index is 1530. The molecule has 0 saturated carbocycles. The smallest absolute Gasteiger partial charge is 0.311 e. The average molecular weight is 805 g/mol. The van der Waals surface area contributed by atoms with E-state index < -0.39 is 46.2 Å². The lowest BCUT2D eigenvalue weighted by molar-refractivity contribution is -0.171. The summed E-state index contributed by atoms with van der Waals surface area (Å²) in [4.78, 5) is 62.3. The molecule has 0 aromatic carbocycles. The highest BCUT2D eigenvalue weighted by molar-refractivity contribution is 5.77. The molecule has 0 aliphatic carbocycles. The molecule has 4 aliphatic rings. The summed E-state index contributed by atoms with van der Waals surface area (Å²) >= 11 is 0. The van der Waals surface area contributed by atoms with Gasteiger partial charge in [-0.15, -0.1) is 0 Å². The molecule has 6 unspecified atom stereocenters. The van der Waals surface area contributed by atoms with Crippen LogP contribution in [0, 0.1) is 23.7 Å². The van der Waals surface area contributed by atoms with E-state index in [1.165, 1.54) is 0 Å². The van der Waals surface area contributed by atoms with Gasteiger partial charge in [0.1, 0.15) is 25.4 Å². The minimum Gasteiger partial charge on any atom is -0.461 e. The second-order valence-electron chi connectivity index (χ2n) is 22.8. The molecule has 12 nitrogen and oxygen atoms in total. The summed E-state index contributed by atoms with van der Waals surface area (Å²) in [5.74, 6) is -2.96. The number of esters is 4. The van der Waals surface area contributed by atoms with Gasteiger partial charge in [0, 0.05) is 44.3 Å². The van der Waals surface area contributed by atoms with Crippen LogP contribution in [0.2, 0.25) is 0 Å². The van der Waals surface area contributed by atoms with Gasteiger partial charge in [0.15, 0.2) is 0 Å². The van der Waals surface area contributed by atoms with Crippen LogP contribution in [-0.4, -0.2) is 129 Å². The third kappa shape index (κ3) is 9.54. The number of hydrogen-bond acceptors (Lipinski definition) is 12. The second kappa shape index (κ2) is 15.6. The molecule has 0 spiro atoms. The normalized spacial score (nSPS) is 31.7. The Morgan fingerprint density at radius 3 is 1.05 bits per heavy atom. The molecule has 4 fully saturated rings. The number of likely N-dealkylation sites (tertiary alicyclic amines) is 3. The predicted molar refractivity (Wildman–Crippen MR) is 222 cm³/mol. The maximum atomic E-state index is 14.1. The highest BCUT2D eigenvalue weighted by Gasteiger charge is 2.56. The van der Waals surface area contributed by atoms with E-state index in [9.17, 15) is 19.2 Å². The molecule has 4 aliphatic heterocycles. The minimum absolute atomic E-state index is 0.139. The topological polar surface area (TPSA) is 127 Å². The maximum absolute atomic E-state index is 14.1. The first-order valence-corrected chi connectivity index (χ1v) is 21.4. The predicted octanol–water partition coefficient (Wildman–Crippen LogP) is 6.37. The molecule has 0 radical (unpaired) electrons. The van der Waals surface area contributed by atoms with Gasteiger partial charge in [-0.1, -0.05) is 0 Å². The molecule has 0 bridgehead atoms. The van der Waals surface area contributed by atoms with Crippen molar-refractivity contribution in [1.82, 2.24) is 20.0 Å². The summed E-state index contributed by atoms with van der Waals surface area (Å²) in [6.07, 6.45) is 1.29. The first kappa shape index (κ1) is 47.4. The SMILES string of the molecule is CN1C(C)(C)CC(C(=O)OCC(CCC(COC(=O)C2CC(C)(C)N(C)C2(C)C)OC(=O)C2CC(C)(C)N(C)C2(C)C)OC(=O)C2CC(C)(C)NC2(C)C)C1(C)C. The highest BCUT2D eigenvalue weighted by atomic mass is 16.6. The summed E-state index contributed by atoms with van der Waals surface area (Å²) in [5.41, 5.74) is -2.73. The number of hydrogen-bond donors (Lipinski definition) is 1.